The number of hydrazine groups is 1. The number of nitrogens with zero attached hydrogens (tertiary/aromatic N) is 2. The Morgan fingerprint density at radius 3 is 2.19 bits per heavy atom. The van der Waals surface area contributed by atoms with Gasteiger partial charge in [-0.05, 0) is 36.8 Å². The molecule has 0 atom stereocenters. The summed E-state index contributed by atoms with van der Waals surface area (Å²) in [4.78, 5) is 37.7. The van der Waals surface area contributed by atoms with E-state index < -0.39 is 21.8 Å². The fourth-order valence-corrected chi connectivity index (χ4v) is 4.11. The first kappa shape index (κ1) is 23.1. The number of hydrogen-bond acceptors (Lipinski definition) is 6. The van der Waals surface area contributed by atoms with Crippen LogP contribution in [0.25, 0.3) is 10.8 Å². The van der Waals surface area contributed by atoms with E-state index >= 15 is 0 Å². The molecule has 0 aliphatic rings. The third-order valence-electron chi connectivity index (χ3n) is 4.57. The largest absolute Gasteiger partial charge is 0.290 e. The van der Waals surface area contributed by atoms with Crippen LogP contribution in [0.4, 0.5) is 0 Å². The average molecular weight is 458 g/mol. The Kier molecular flexibility index (Phi) is 7.01. The van der Waals surface area contributed by atoms with Gasteiger partial charge < -0.3 is 0 Å². The van der Waals surface area contributed by atoms with Crippen molar-refractivity contribution < 1.29 is 18.0 Å². The molecule has 3 aromatic rings. The first-order valence-electron chi connectivity index (χ1n) is 9.98. The zero-order valence-corrected chi connectivity index (χ0v) is 18.4. The van der Waals surface area contributed by atoms with Crippen LogP contribution in [0.3, 0.4) is 0 Å². The van der Waals surface area contributed by atoms with Gasteiger partial charge in [0.25, 0.3) is 17.4 Å². The Bertz CT molecular complexity index is 1320. The van der Waals surface area contributed by atoms with Crippen LogP contribution in [-0.2, 0) is 16.6 Å². The second-order valence-corrected chi connectivity index (χ2v) is 8.62. The fourth-order valence-electron chi connectivity index (χ4n) is 3.07. The quantitative estimate of drug-likeness (QED) is 0.455. The Hall–Kier alpha value is -3.57. The Morgan fingerprint density at radius 2 is 1.56 bits per heavy atom. The molecule has 0 aliphatic carbocycles. The van der Waals surface area contributed by atoms with Gasteiger partial charge in [0.05, 0.1) is 10.3 Å². The number of amides is 2. The van der Waals surface area contributed by atoms with Gasteiger partial charge in [0, 0.05) is 24.0 Å². The maximum atomic E-state index is 12.7. The van der Waals surface area contributed by atoms with Crippen LogP contribution in [0.5, 0.6) is 0 Å². The van der Waals surface area contributed by atoms with Gasteiger partial charge in [0.15, 0.2) is 5.69 Å². The van der Waals surface area contributed by atoms with E-state index in [1.165, 1.54) is 28.9 Å². The van der Waals surface area contributed by atoms with E-state index in [0.29, 0.717) is 23.7 Å². The lowest BCUT2D eigenvalue weighted by Crippen LogP contribution is -2.42. The molecule has 1 aromatic heterocycles. The van der Waals surface area contributed by atoms with E-state index in [9.17, 15) is 22.8 Å². The van der Waals surface area contributed by atoms with Crippen molar-refractivity contribution in [3.05, 3.63) is 70.1 Å². The van der Waals surface area contributed by atoms with E-state index in [1.807, 2.05) is 6.92 Å². The van der Waals surface area contributed by atoms with Crippen LogP contribution < -0.4 is 21.1 Å². The third kappa shape index (κ3) is 4.84. The minimum absolute atomic E-state index is 0.000955. The highest BCUT2D eigenvalue weighted by Gasteiger charge is 2.18. The van der Waals surface area contributed by atoms with Gasteiger partial charge in [-0.15, -0.1) is 0 Å². The highest BCUT2D eigenvalue weighted by atomic mass is 32.2. The van der Waals surface area contributed by atoms with Gasteiger partial charge in [-0.2, -0.15) is 5.10 Å². The lowest BCUT2D eigenvalue weighted by Gasteiger charge is -2.11. The molecule has 0 unspecified atom stereocenters. The summed E-state index contributed by atoms with van der Waals surface area (Å²) in [5.41, 5.74) is 4.43. The van der Waals surface area contributed by atoms with Crippen LogP contribution in [0, 0.1) is 0 Å². The molecular formula is C21H23N5O5S. The average Bonchev–Trinajstić information content (AvgIpc) is 2.79. The van der Waals surface area contributed by atoms with Crippen molar-refractivity contribution in [2.45, 2.75) is 31.7 Å². The summed E-state index contributed by atoms with van der Waals surface area (Å²) < 4.78 is 27.6. The first-order valence-corrected chi connectivity index (χ1v) is 11.5. The van der Waals surface area contributed by atoms with Gasteiger partial charge in [0.1, 0.15) is 0 Å². The number of carbonyl (C=O) groups is 2. The molecule has 0 fully saturated rings. The maximum absolute atomic E-state index is 12.7. The molecule has 0 radical (unpaired) electrons. The zero-order valence-electron chi connectivity index (χ0n) is 17.6. The molecule has 1 heterocycles. The molecule has 168 valence electrons. The number of benzene rings is 2. The topological polar surface area (TPSA) is 139 Å². The molecule has 0 spiro atoms. The van der Waals surface area contributed by atoms with Gasteiger partial charge in [-0.25, -0.2) is 17.8 Å². The summed E-state index contributed by atoms with van der Waals surface area (Å²) >= 11 is 0. The summed E-state index contributed by atoms with van der Waals surface area (Å²) in [5, 5.41) is 4.89. The van der Waals surface area contributed by atoms with Crippen molar-refractivity contribution in [3.63, 3.8) is 0 Å². The minimum atomic E-state index is -3.64. The summed E-state index contributed by atoms with van der Waals surface area (Å²) in [6.45, 7) is 4.13. The molecule has 10 nitrogen and oxygen atoms in total. The number of sulfonamides is 1. The maximum Gasteiger partial charge on any atom is 0.290 e. The number of rotatable bonds is 7. The number of fused-ring (bicyclic) bond motifs is 1. The molecule has 2 amide bonds. The van der Waals surface area contributed by atoms with Gasteiger partial charge >= 0.3 is 0 Å². The summed E-state index contributed by atoms with van der Waals surface area (Å²) in [5.74, 6) is -1.33. The smallest absolute Gasteiger partial charge is 0.267 e. The van der Waals surface area contributed by atoms with E-state index in [1.54, 1.807) is 31.2 Å². The lowest BCUT2D eigenvalue weighted by atomic mass is 10.1. The summed E-state index contributed by atoms with van der Waals surface area (Å²) in [6.07, 6.45) is 0.655. The van der Waals surface area contributed by atoms with Crippen LogP contribution in [-0.4, -0.2) is 36.6 Å². The van der Waals surface area contributed by atoms with E-state index in [-0.39, 0.29) is 28.3 Å². The van der Waals surface area contributed by atoms with E-state index in [2.05, 4.69) is 20.7 Å². The van der Waals surface area contributed by atoms with Crippen molar-refractivity contribution in [1.29, 1.82) is 0 Å². The molecule has 0 bridgehead atoms. The third-order valence-corrected chi connectivity index (χ3v) is 6.13. The predicted octanol–water partition coefficient (Wildman–Crippen LogP) is 1.18. The number of hydrogen-bond donors (Lipinski definition) is 3. The van der Waals surface area contributed by atoms with Crippen molar-refractivity contribution in [2.75, 3.05) is 6.54 Å². The SMILES string of the molecule is CCCn1nc(C(=O)NNC(=O)c2ccc(S(=O)(=O)NCC)cc2)c2ccccc2c1=O. The second kappa shape index (κ2) is 9.71. The molecule has 3 rings (SSSR count). The lowest BCUT2D eigenvalue weighted by molar-refractivity contribution is 0.0843. The van der Waals surface area contributed by atoms with E-state index in [4.69, 9.17) is 0 Å². The highest BCUT2D eigenvalue weighted by molar-refractivity contribution is 7.89. The molecule has 3 N–H and O–H groups in total. The van der Waals surface area contributed by atoms with Gasteiger partial charge in [-0.3, -0.25) is 25.2 Å². The van der Waals surface area contributed by atoms with Crippen LogP contribution >= 0.6 is 0 Å². The summed E-state index contributed by atoms with van der Waals surface area (Å²) in [6, 6.07) is 11.9. The first-order chi connectivity index (χ1) is 15.3. The highest BCUT2D eigenvalue weighted by Crippen LogP contribution is 2.13. The molecular weight excluding hydrogens is 434 g/mol. The molecule has 11 heteroatoms. The molecule has 0 saturated carbocycles. The van der Waals surface area contributed by atoms with Crippen molar-refractivity contribution in [3.8, 4) is 0 Å². The van der Waals surface area contributed by atoms with Crippen molar-refractivity contribution in [2.24, 2.45) is 0 Å². The van der Waals surface area contributed by atoms with Gasteiger partial charge in [-0.1, -0.05) is 32.0 Å². The van der Waals surface area contributed by atoms with Crippen molar-refractivity contribution >= 4 is 32.6 Å². The number of aryl methyl sites for hydroxylation is 1. The molecule has 0 aliphatic heterocycles. The Balaban J connectivity index is 1.79. The van der Waals surface area contributed by atoms with E-state index in [0.717, 1.165) is 0 Å². The normalized spacial score (nSPS) is 11.3. The van der Waals surface area contributed by atoms with Crippen LogP contribution in [0.1, 0.15) is 41.1 Å². The van der Waals surface area contributed by atoms with Gasteiger partial charge in [0.2, 0.25) is 10.0 Å². The second-order valence-electron chi connectivity index (χ2n) is 6.86. The predicted molar refractivity (Wildman–Crippen MR) is 119 cm³/mol. The molecule has 2 aromatic carbocycles. The zero-order chi connectivity index (χ0) is 23.3. The van der Waals surface area contributed by atoms with Crippen LogP contribution in [0.15, 0.2) is 58.2 Å². The number of nitrogens with one attached hydrogen (secondary N) is 3. The molecule has 0 saturated heterocycles. The number of aromatic nitrogens is 2. The monoisotopic (exact) mass is 457 g/mol. The Labute approximate surface area is 184 Å². The number of carbonyl (C=O) groups excluding carboxylic acids is 2. The molecule has 32 heavy (non-hydrogen) atoms. The van der Waals surface area contributed by atoms with Crippen molar-refractivity contribution in [1.82, 2.24) is 25.4 Å². The Morgan fingerprint density at radius 1 is 0.938 bits per heavy atom. The summed E-state index contributed by atoms with van der Waals surface area (Å²) in [7, 11) is -3.64. The fraction of sp³-hybridized carbons (Fsp3) is 0.238. The minimum Gasteiger partial charge on any atom is -0.267 e. The van der Waals surface area contributed by atoms with Crippen LogP contribution in [0.2, 0.25) is 0 Å². The standard InChI is InChI=1S/C21H23N5O5S/c1-3-13-26-21(29)17-8-6-5-7-16(17)18(25-26)20(28)24-23-19(27)14-9-11-15(12-10-14)32(30,31)22-4-2/h5-12,22H,3-4,13H2,1-2H3,(H,23,27)(H,24,28).